The Morgan fingerprint density at radius 1 is 1.73 bits per heavy atom. The van der Waals surface area contributed by atoms with Crippen molar-refractivity contribution in [2.24, 2.45) is 0 Å². The van der Waals surface area contributed by atoms with Crippen LogP contribution in [0, 0.1) is 0 Å². The van der Waals surface area contributed by atoms with Gasteiger partial charge in [-0.25, -0.2) is 0 Å². The summed E-state index contributed by atoms with van der Waals surface area (Å²) in [5, 5.41) is 8.44. The van der Waals surface area contributed by atoms with E-state index in [1.54, 1.807) is 11.8 Å². The number of hydrogen-bond donors (Lipinski definition) is 1. The van der Waals surface area contributed by atoms with Crippen molar-refractivity contribution in [2.45, 2.75) is 16.5 Å². The number of rotatable bonds is 3. The highest BCUT2D eigenvalue weighted by Crippen LogP contribution is 2.27. The van der Waals surface area contributed by atoms with Crippen LogP contribution < -0.4 is 5.73 Å². The maximum absolute atomic E-state index is 5.40. The highest BCUT2D eigenvalue weighted by Gasteiger charge is 2.04. The molecule has 0 spiro atoms. The molecule has 0 bridgehead atoms. The van der Waals surface area contributed by atoms with E-state index in [-0.39, 0.29) is 0 Å². The minimum absolute atomic E-state index is 0.363. The fourth-order valence-electron chi connectivity index (χ4n) is 0.475. The summed E-state index contributed by atoms with van der Waals surface area (Å²) in [6.45, 7) is 5.72. The number of nitrogens with two attached hydrogens (primary N) is 1. The van der Waals surface area contributed by atoms with Crippen LogP contribution in [-0.4, -0.2) is 15.4 Å². The van der Waals surface area contributed by atoms with Crippen molar-refractivity contribution < 1.29 is 0 Å². The molecule has 5 heteroatoms. The molecule has 0 aliphatic carbocycles. The summed E-state index contributed by atoms with van der Waals surface area (Å²) in [4.78, 5) is 0. The molecule has 0 amide bonds. The molecule has 1 atom stereocenters. The largest absolute Gasteiger partial charge is 0.374 e. The van der Waals surface area contributed by atoms with Gasteiger partial charge in [-0.2, -0.15) is 0 Å². The van der Waals surface area contributed by atoms with E-state index in [4.69, 9.17) is 5.73 Å². The third-order valence-corrected chi connectivity index (χ3v) is 2.97. The normalized spacial score (nSPS) is 12.8. The molecular formula is C6H9N3S2. The van der Waals surface area contributed by atoms with Gasteiger partial charge in [0.05, 0.1) is 0 Å². The first-order chi connectivity index (χ1) is 5.22. The first kappa shape index (κ1) is 8.55. The first-order valence-electron chi connectivity index (χ1n) is 3.10. The number of nitrogens with zero attached hydrogens (tertiary/aromatic N) is 2. The zero-order valence-corrected chi connectivity index (χ0v) is 7.78. The lowest BCUT2D eigenvalue weighted by atomic mass is 10.5. The van der Waals surface area contributed by atoms with Crippen molar-refractivity contribution in [1.29, 1.82) is 0 Å². The zero-order chi connectivity index (χ0) is 8.27. The number of nitrogen functional groups attached to an aromatic ring is 1. The van der Waals surface area contributed by atoms with E-state index in [1.165, 1.54) is 11.3 Å². The Morgan fingerprint density at radius 2 is 2.45 bits per heavy atom. The van der Waals surface area contributed by atoms with Gasteiger partial charge in [-0.1, -0.05) is 29.2 Å². The molecule has 3 nitrogen and oxygen atoms in total. The fourth-order valence-corrected chi connectivity index (χ4v) is 2.22. The molecule has 0 aliphatic heterocycles. The van der Waals surface area contributed by atoms with E-state index < -0.39 is 0 Å². The molecule has 0 aromatic carbocycles. The van der Waals surface area contributed by atoms with Gasteiger partial charge >= 0.3 is 0 Å². The van der Waals surface area contributed by atoms with E-state index in [9.17, 15) is 0 Å². The first-order valence-corrected chi connectivity index (χ1v) is 4.80. The van der Waals surface area contributed by atoms with Crippen molar-refractivity contribution in [3.63, 3.8) is 0 Å². The molecule has 0 aliphatic rings. The van der Waals surface area contributed by atoms with Crippen LogP contribution in [0.5, 0.6) is 0 Å². The lowest BCUT2D eigenvalue weighted by Crippen LogP contribution is -1.87. The van der Waals surface area contributed by atoms with Crippen LogP contribution >= 0.6 is 23.1 Å². The van der Waals surface area contributed by atoms with E-state index in [0.717, 1.165) is 4.34 Å². The van der Waals surface area contributed by atoms with Gasteiger partial charge < -0.3 is 5.73 Å². The van der Waals surface area contributed by atoms with Crippen LogP contribution in [0.3, 0.4) is 0 Å². The van der Waals surface area contributed by atoms with E-state index in [2.05, 4.69) is 23.7 Å². The van der Waals surface area contributed by atoms with Crippen molar-refractivity contribution in [3.8, 4) is 0 Å². The summed E-state index contributed by atoms with van der Waals surface area (Å²) in [5.74, 6) is 0. The molecule has 1 heterocycles. The van der Waals surface area contributed by atoms with Gasteiger partial charge in [0.2, 0.25) is 5.13 Å². The Bertz CT molecular complexity index is 246. The molecule has 0 saturated carbocycles. The standard InChI is InChI=1S/C6H9N3S2/c1-3-4(2)10-6-9-8-5(7)11-6/h3-4H,1H2,2H3,(H2,7,8). The number of hydrogen-bond acceptors (Lipinski definition) is 5. The molecule has 1 aromatic rings. The predicted molar refractivity (Wildman–Crippen MR) is 49.8 cm³/mol. The van der Waals surface area contributed by atoms with Gasteiger partial charge in [-0.15, -0.1) is 16.8 Å². The number of aromatic nitrogens is 2. The Labute approximate surface area is 73.7 Å². The number of anilines is 1. The Balaban J connectivity index is 2.57. The van der Waals surface area contributed by atoms with Crippen LogP contribution in [0.15, 0.2) is 17.0 Å². The topological polar surface area (TPSA) is 51.8 Å². The predicted octanol–water partition coefficient (Wildman–Crippen LogP) is 1.79. The maximum Gasteiger partial charge on any atom is 0.203 e. The highest BCUT2D eigenvalue weighted by atomic mass is 32.2. The van der Waals surface area contributed by atoms with Gasteiger partial charge in [0.15, 0.2) is 4.34 Å². The molecule has 1 rings (SSSR count). The molecule has 0 saturated heterocycles. The van der Waals surface area contributed by atoms with Gasteiger partial charge in [0.1, 0.15) is 0 Å². The summed E-state index contributed by atoms with van der Waals surface area (Å²) >= 11 is 3.01. The van der Waals surface area contributed by atoms with E-state index in [1.807, 2.05) is 6.08 Å². The summed E-state index contributed by atoms with van der Waals surface area (Å²) in [5.41, 5.74) is 5.40. The summed E-state index contributed by atoms with van der Waals surface area (Å²) in [7, 11) is 0. The van der Waals surface area contributed by atoms with Crippen molar-refractivity contribution in [3.05, 3.63) is 12.7 Å². The molecule has 0 radical (unpaired) electrons. The second-order valence-electron chi connectivity index (χ2n) is 1.96. The monoisotopic (exact) mass is 187 g/mol. The van der Waals surface area contributed by atoms with Crippen LogP contribution in [0.25, 0.3) is 0 Å². The van der Waals surface area contributed by atoms with Crippen molar-refractivity contribution >= 4 is 28.2 Å². The van der Waals surface area contributed by atoms with E-state index in [0.29, 0.717) is 10.4 Å². The fraction of sp³-hybridized carbons (Fsp3) is 0.333. The average Bonchev–Trinajstić information content (AvgIpc) is 2.35. The van der Waals surface area contributed by atoms with Gasteiger partial charge in [-0.3, -0.25) is 0 Å². The molecule has 1 unspecified atom stereocenters. The minimum atomic E-state index is 0.363. The Morgan fingerprint density at radius 3 is 2.91 bits per heavy atom. The Hall–Kier alpha value is -0.550. The molecule has 60 valence electrons. The highest BCUT2D eigenvalue weighted by molar-refractivity contribution is 8.01. The van der Waals surface area contributed by atoms with Crippen LogP contribution in [0.4, 0.5) is 5.13 Å². The van der Waals surface area contributed by atoms with Gasteiger partial charge in [0.25, 0.3) is 0 Å². The molecular weight excluding hydrogens is 178 g/mol. The summed E-state index contributed by atoms with van der Waals surface area (Å²) < 4.78 is 0.898. The zero-order valence-electron chi connectivity index (χ0n) is 6.15. The Kier molecular flexibility index (Phi) is 2.90. The number of thioether (sulfide) groups is 1. The summed E-state index contributed by atoms with van der Waals surface area (Å²) in [6.07, 6.45) is 1.86. The quantitative estimate of drug-likeness (QED) is 0.579. The maximum atomic E-state index is 5.40. The van der Waals surface area contributed by atoms with Crippen molar-refractivity contribution in [2.75, 3.05) is 5.73 Å². The summed E-state index contributed by atoms with van der Waals surface area (Å²) in [6, 6.07) is 0. The molecule has 1 aromatic heterocycles. The molecule has 2 N–H and O–H groups in total. The van der Waals surface area contributed by atoms with E-state index >= 15 is 0 Å². The third kappa shape index (κ3) is 2.51. The lowest BCUT2D eigenvalue weighted by molar-refractivity contribution is 1.01. The van der Waals surface area contributed by atoms with Crippen LogP contribution in [0.1, 0.15) is 6.92 Å². The lowest BCUT2D eigenvalue weighted by Gasteiger charge is -1.98. The minimum Gasteiger partial charge on any atom is -0.374 e. The average molecular weight is 187 g/mol. The SMILES string of the molecule is C=CC(C)Sc1nnc(N)s1. The van der Waals surface area contributed by atoms with Crippen LogP contribution in [-0.2, 0) is 0 Å². The van der Waals surface area contributed by atoms with Crippen molar-refractivity contribution in [1.82, 2.24) is 10.2 Å². The molecule has 0 fully saturated rings. The van der Waals surface area contributed by atoms with Crippen LogP contribution in [0.2, 0.25) is 0 Å². The van der Waals surface area contributed by atoms with Gasteiger partial charge in [-0.05, 0) is 6.92 Å². The molecule has 11 heavy (non-hydrogen) atoms. The second-order valence-corrected chi connectivity index (χ2v) is 4.60. The van der Waals surface area contributed by atoms with Gasteiger partial charge in [0, 0.05) is 5.25 Å². The second kappa shape index (κ2) is 3.73. The smallest absolute Gasteiger partial charge is 0.203 e. The third-order valence-electron chi connectivity index (χ3n) is 1.04.